The molecular weight excluding hydrogens is 354 g/mol. The van der Waals surface area contributed by atoms with Crippen LogP contribution in [0.2, 0.25) is 5.15 Å². The Hall–Kier alpha value is -0.670. The third kappa shape index (κ3) is 3.77. The lowest BCUT2D eigenvalue weighted by atomic mass is 9.86. The van der Waals surface area contributed by atoms with E-state index in [2.05, 4.69) is 9.82 Å². The summed E-state index contributed by atoms with van der Waals surface area (Å²) in [6, 6.07) is -0.417. The fourth-order valence-corrected chi connectivity index (χ4v) is 5.12. The number of halogens is 1. The van der Waals surface area contributed by atoms with Crippen LogP contribution in [0, 0.1) is 12.8 Å². The summed E-state index contributed by atoms with van der Waals surface area (Å²) in [5.74, 6) is 0.611. The van der Waals surface area contributed by atoms with Crippen LogP contribution >= 0.6 is 11.6 Å². The number of hydrogen-bond acceptors (Lipinski definition) is 5. The van der Waals surface area contributed by atoms with Crippen molar-refractivity contribution >= 4 is 21.6 Å². The smallest absolute Gasteiger partial charge is 0.245 e. The van der Waals surface area contributed by atoms with Crippen LogP contribution in [0.3, 0.4) is 0 Å². The summed E-state index contributed by atoms with van der Waals surface area (Å²) in [7, 11) is -2.18. The van der Waals surface area contributed by atoms with Gasteiger partial charge in [-0.25, -0.2) is 13.1 Å². The Morgan fingerprint density at radius 3 is 2.75 bits per heavy atom. The minimum Gasteiger partial charge on any atom is -0.380 e. The monoisotopic (exact) mass is 377 g/mol. The molecule has 2 atom stereocenters. The largest absolute Gasteiger partial charge is 0.380 e. The number of aromatic nitrogens is 2. The molecule has 1 N–H and O–H groups in total. The second kappa shape index (κ2) is 7.29. The summed E-state index contributed by atoms with van der Waals surface area (Å²) in [5, 5.41) is 4.17. The Balaban J connectivity index is 1.71. The van der Waals surface area contributed by atoms with Crippen molar-refractivity contribution in [3.8, 4) is 0 Å². The van der Waals surface area contributed by atoms with Crippen LogP contribution in [-0.2, 0) is 26.5 Å². The van der Waals surface area contributed by atoms with Crippen molar-refractivity contribution in [2.24, 2.45) is 13.0 Å². The van der Waals surface area contributed by atoms with Gasteiger partial charge in [-0.1, -0.05) is 18.0 Å². The molecule has 136 valence electrons. The van der Waals surface area contributed by atoms with Crippen LogP contribution in [0.15, 0.2) is 4.90 Å². The normalized spacial score (nSPS) is 25.6. The number of ether oxygens (including phenoxy) is 2. The first-order valence-electron chi connectivity index (χ1n) is 8.29. The third-order valence-electron chi connectivity index (χ3n) is 4.74. The lowest BCUT2D eigenvalue weighted by Gasteiger charge is -2.34. The second-order valence-corrected chi connectivity index (χ2v) is 8.60. The molecule has 2 fully saturated rings. The summed E-state index contributed by atoms with van der Waals surface area (Å²) in [6.07, 6.45) is 4.16. The van der Waals surface area contributed by atoms with Crippen molar-refractivity contribution in [2.75, 3.05) is 19.8 Å². The van der Waals surface area contributed by atoms with Gasteiger partial charge in [-0.15, -0.1) is 0 Å². The summed E-state index contributed by atoms with van der Waals surface area (Å²) in [6.45, 7) is 3.20. The van der Waals surface area contributed by atoms with Gasteiger partial charge < -0.3 is 9.47 Å². The van der Waals surface area contributed by atoms with Crippen molar-refractivity contribution in [1.82, 2.24) is 14.5 Å². The van der Waals surface area contributed by atoms with Crippen molar-refractivity contribution in [3.05, 3.63) is 10.8 Å². The van der Waals surface area contributed by atoms with Gasteiger partial charge in [0.1, 0.15) is 10.0 Å². The Bertz CT molecular complexity index is 687. The van der Waals surface area contributed by atoms with E-state index in [1.165, 1.54) is 23.9 Å². The molecule has 7 nitrogen and oxygen atoms in total. The van der Waals surface area contributed by atoms with E-state index in [4.69, 9.17) is 21.1 Å². The minimum atomic E-state index is -3.79. The molecule has 0 radical (unpaired) electrons. The third-order valence-corrected chi connectivity index (χ3v) is 6.92. The number of hydrogen-bond donors (Lipinski definition) is 1. The van der Waals surface area contributed by atoms with Gasteiger partial charge in [0.25, 0.3) is 0 Å². The van der Waals surface area contributed by atoms with Crippen LogP contribution < -0.4 is 4.72 Å². The molecule has 2 aliphatic rings. The standard InChI is InChI=1S/C15H24ClN3O4S/c1-10-14(15(16)19(2)17-10)24(20,21)18-12-9-22-7-6-13(12)23-8-11-4-3-5-11/h11-13,18H,3-9H2,1-2H3/t12-,13+/m1/s1. The summed E-state index contributed by atoms with van der Waals surface area (Å²) in [4.78, 5) is 0.0231. The van der Waals surface area contributed by atoms with E-state index < -0.39 is 16.1 Å². The fourth-order valence-electron chi connectivity index (χ4n) is 3.12. The molecule has 0 spiro atoms. The SMILES string of the molecule is Cc1nn(C)c(Cl)c1S(=O)(=O)N[C@@H]1COCC[C@@H]1OCC1CCC1. The Kier molecular flexibility index (Phi) is 5.51. The maximum absolute atomic E-state index is 12.7. The van der Waals surface area contributed by atoms with Gasteiger partial charge in [-0.05, 0) is 32.1 Å². The van der Waals surface area contributed by atoms with Crippen molar-refractivity contribution in [3.63, 3.8) is 0 Å². The topological polar surface area (TPSA) is 82.5 Å². The molecule has 2 heterocycles. The highest BCUT2D eigenvalue weighted by atomic mass is 35.5. The molecule has 1 aromatic heterocycles. The molecule has 1 aromatic rings. The van der Waals surface area contributed by atoms with E-state index in [9.17, 15) is 8.42 Å². The van der Waals surface area contributed by atoms with E-state index in [0.29, 0.717) is 37.9 Å². The summed E-state index contributed by atoms with van der Waals surface area (Å²) < 4.78 is 41.0. The van der Waals surface area contributed by atoms with Gasteiger partial charge in [0.2, 0.25) is 10.0 Å². The van der Waals surface area contributed by atoms with Gasteiger partial charge in [-0.3, -0.25) is 4.68 Å². The van der Waals surface area contributed by atoms with Crippen LogP contribution in [0.25, 0.3) is 0 Å². The summed E-state index contributed by atoms with van der Waals surface area (Å²) in [5.41, 5.74) is 0.374. The maximum atomic E-state index is 12.7. The first-order chi connectivity index (χ1) is 11.4. The molecule has 1 saturated carbocycles. The lowest BCUT2D eigenvalue weighted by Crippen LogP contribution is -2.51. The predicted octanol–water partition coefficient (Wildman–Crippen LogP) is 1.63. The number of nitrogens with zero attached hydrogens (tertiary/aromatic N) is 2. The van der Waals surface area contributed by atoms with Crippen LogP contribution in [0.1, 0.15) is 31.4 Å². The van der Waals surface area contributed by atoms with E-state index in [1.54, 1.807) is 14.0 Å². The quantitative estimate of drug-likeness (QED) is 0.814. The number of nitrogens with one attached hydrogen (secondary N) is 1. The first-order valence-corrected chi connectivity index (χ1v) is 10.2. The van der Waals surface area contributed by atoms with Crippen molar-refractivity contribution in [2.45, 2.75) is 49.6 Å². The number of sulfonamides is 1. The van der Waals surface area contributed by atoms with Crippen molar-refractivity contribution in [1.29, 1.82) is 0 Å². The molecule has 0 amide bonds. The average Bonchev–Trinajstić information content (AvgIpc) is 2.72. The number of aryl methyl sites for hydroxylation is 2. The zero-order valence-corrected chi connectivity index (χ0v) is 15.6. The van der Waals surface area contributed by atoms with Gasteiger partial charge in [0.15, 0.2) is 0 Å². The van der Waals surface area contributed by atoms with Gasteiger partial charge in [0, 0.05) is 20.3 Å². The van der Waals surface area contributed by atoms with Crippen LogP contribution in [0.5, 0.6) is 0 Å². The fraction of sp³-hybridized carbons (Fsp3) is 0.800. The van der Waals surface area contributed by atoms with Gasteiger partial charge in [0.05, 0.1) is 24.4 Å². The molecular formula is C15H24ClN3O4S. The van der Waals surface area contributed by atoms with E-state index in [-0.39, 0.29) is 16.2 Å². The highest BCUT2D eigenvalue weighted by Crippen LogP contribution is 2.28. The molecule has 1 aliphatic heterocycles. The molecule has 3 rings (SSSR count). The number of rotatable bonds is 6. The lowest BCUT2D eigenvalue weighted by molar-refractivity contribution is -0.0668. The minimum absolute atomic E-state index is 0.0231. The molecule has 1 aliphatic carbocycles. The van der Waals surface area contributed by atoms with Crippen molar-refractivity contribution < 1.29 is 17.9 Å². The van der Waals surface area contributed by atoms with Crippen LogP contribution in [-0.4, -0.2) is 50.2 Å². The molecule has 24 heavy (non-hydrogen) atoms. The summed E-state index contributed by atoms with van der Waals surface area (Å²) >= 11 is 6.10. The predicted molar refractivity (Wildman–Crippen MR) is 89.6 cm³/mol. The Labute approximate surface area is 147 Å². The molecule has 9 heteroatoms. The zero-order chi connectivity index (χ0) is 17.3. The first kappa shape index (κ1) is 18.1. The van der Waals surface area contributed by atoms with E-state index >= 15 is 0 Å². The highest BCUT2D eigenvalue weighted by Gasteiger charge is 2.34. The molecule has 0 aromatic carbocycles. The highest BCUT2D eigenvalue weighted by molar-refractivity contribution is 7.89. The molecule has 0 unspecified atom stereocenters. The molecule has 0 bridgehead atoms. The Morgan fingerprint density at radius 1 is 1.42 bits per heavy atom. The van der Waals surface area contributed by atoms with Crippen LogP contribution in [0.4, 0.5) is 0 Å². The Morgan fingerprint density at radius 2 is 2.17 bits per heavy atom. The zero-order valence-electron chi connectivity index (χ0n) is 14.0. The average molecular weight is 378 g/mol. The van der Waals surface area contributed by atoms with Gasteiger partial charge >= 0.3 is 0 Å². The van der Waals surface area contributed by atoms with Gasteiger partial charge in [-0.2, -0.15) is 5.10 Å². The second-order valence-electron chi connectivity index (χ2n) is 6.59. The maximum Gasteiger partial charge on any atom is 0.245 e. The van der Waals surface area contributed by atoms with E-state index in [1.807, 2.05) is 0 Å². The molecule has 1 saturated heterocycles. The van der Waals surface area contributed by atoms with E-state index in [0.717, 1.165) is 0 Å².